The Bertz CT molecular complexity index is 4040. The summed E-state index contributed by atoms with van der Waals surface area (Å²) in [6, 6.07) is 65.3. The molecule has 0 radical (unpaired) electrons. The Balaban J connectivity index is 1.31. The number of nitriles is 1. The second-order valence-corrected chi connectivity index (χ2v) is 17.8. The van der Waals surface area contributed by atoms with Gasteiger partial charge in [-0.25, -0.2) is 4.85 Å². The molecule has 0 saturated heterocycles. The number of hydrogen-bond acceptors (Lipinski definition) is 5. The van der Waals surface area contributed by atoms with Crippen LogP contribution in [0, 0.1) is 17.9 Å². The Hall–Kier alpha value is -9.32. The molecule has 0 aliphatic rings. The molecule has 0 bridgehead atoms. The first-order chi connectivity index (χ1) is 35.6. The zero-order valence-corrected chi connectivity index (χ0v) is 39.5. The minimum absolute atomic E-state index is 0.305. The Morgan fingerprint density at radius 1 is 0.389 bits per heavy atom. The number of nitrogens with zero attached hydrogens (tertiary/aromatic N) is 6. The summed E-state index contributed by atoms with van der Waals surface area (Å²) in [7, 11) is 3.31. The number of methoxy groups -OCH3 is 2. The van der Waals surface area contributed by atoms with Crippen molar-refractivity contribution < 1.29 is 18.9 Å². The van der Waals surface area contributed by atoms with Gasteiger partial charge in [0.05, 0.1) is 92.2 Å². The van der Waals surface area contributed by atoms with Gasteiger partial charge < -0.3 is 37.2 Å². The molecule has 0 spiro atoms. The molecule has 4 aromatic heterocycles. The van der Waals surface area contributed by atoms with E-state index in [4.69, 9.17) is 18.9 Å². The molecule has 9 aromatic carbocycles. The molecule has 0 N–H and O–H groups in total. The second-order valence-electron chi connectivity index (χ2n) is 17.8. The highest BCUT2D eigenvalue weighted by molar-refractivity contribution is 6.17. The van der Waals surface area contributed by atoms with Gasteiger partial charge in [-0.3, -0.25) is 0 Å². The van der Waals surface area contributed by atoms with E-state index in [1.54, 1.807) is 14.2 Å². The molecule has 0 aliphatic carbocycles. The average molecular weight is 937 g/mol. The van der Waals surface area contributed by atoms with Gasteiger partial charge in [0.25, 0.3) is 0 Å². The van der Waals surface area contributed by atoms with Gasteiger partial charge in [0.2, 0.25) is 5.69 Å². The highest BCUT2D eigenvalue weighted by Crippen LogP contribution is 2.52. The van der Waals surface area contributed by atoms with Gasteiger partial charge in [0.15, 0.2) is 0 Å². The van der Waals surface area contributed by atoms with Crippen LogP contribution in [0.3, 0.4) is 0 Å². The van der Waals surface area contributed by atoms with Gasteiger partial charge in [-0.15, -0.1) is 0 Å². The van der Waals surface area contributed by atoms with Crippen molar-refractivity contribution in [2.45, 2.75) is 0 Å². The molecule has 72 heavy (non-hydrogen) atoms. The monoisotopic (exact) mass is 936 g/mol. The number of aromatic nitrogens is 4. The summed E-state index contributed by atoms with van der Waals surface area (Å²) in [6.07, 6.45) is 0. The minimum Gasteiger partial charge on any atom is -0.491 e. The molecule has 346 valence electrons. The van der Waals surface area contributed by atoms with Crippen LogP contribution in [0.1, 0.15) is 5.56 Å². The van der Waals surface area contributed by atoms with Crippen molar-refractivity contribution in [1.29, 1.82) is 5.26 Å². The molecule has 0 atom stereocenters. The summed E-state index contributed by atoms with van der Waals surface area (Å²) in [5.41, 5.74) is 10.2. The van der Waals surface area contributed by atoms with E-state index in [0.29, 0.717) is 71.9 Å². The van der Waals surface area contributed by atoms with Gasteiger partial charge >= 0.3 is 0 Å². The first-order valence-electron chi connectivity index (χ1n) is 23.9. The Morgan fingerprint density at radius 2 is 0.708 bits per heavy atom. The van der Waals surface area contributed by atoms with E-state index in [1.165, 1.54) is 0 Å². The lowest BCUT2D eigenvalue weighted by atomic mass is 10.0. The fourth-order valence-corrected chi connectivity index (χ4v) is 11.1. The average Bonchev–Trinajstić information content (AvgIpc) is 4.15. The third kappa shape index (κ3) is 6.34. The molecule has 4 heterocycles. The lowest BCUT2D eigenvalue weighted by Gasteiger charge is -2.27. The Morgan fingerprint density at radius 3 is 1.06 bits per heavy atom. The van der Waals surface area contributed by atoms with Crippen molar-refractivity contribution in [2.24, 2.45) is 0 Å². The quantitative estimate of drug-likeness (QED) is 0.0900. The van der Waals surface area contributed by atoms with E-state index < -0.39 is 0 Å². The van der Waals surface area contributed by atoms with Gasteiger partial charge in [-0.05, 0) is 72.8 Å². The summed E-state index contributed by atoms with van der Waals surface area (Å²) in [5.74, 6) is 1.32. The summed E-state index contributed by atoms with van der Waals surface area (Å²) < 4.78 is 32.1. The third-order valence-electron chi connectivity index (χ3n) is 14.0. The van der Waals surface area contributed by atoms with E-state index in [-0.39, 0.29) is 0 Å². The molecule has 0 unspecified atom stereocenters. The molecule has 0 amide bonds. The maximum Gasteiger partial charge on any atom is 0.237 e. The van der Waals surface area contributed by atoms with E-state index >= 15 is 0 Å². The largest absolute Gasteiger partial charge is 0.491 e. The SMILES string of the molecule is [C-]#[N+]c1c(-n2c3ccc(OCCOC)cc3c3cc(OCCOC)ccc32)c(C#N)c(-n2c3ccccc3c3ccccc32)c(-n2c3ccccc3c3ccccc32)c1-n1c2ccccc2c2ccccc21. The van der Waals surface area contributed by atoms with Crippen LogP contribution in [0.5, 0.6) is 11.5 Å². The van der Waals surface area contributed by atoms with E-state index in [2.05, 4.69) is 175 Å². The van der Waals surface area contributed by atoms with E-state index in [9.17, 15) is 11.8 Å². The molecule has 0 saturated carbocycles. The predicted molar refractivity (Wildman–Crippen MR) is 290 cm³/mol. The first kappa shape index (κ1) is 42.8. The van der Waals surface area contributed by atoms with Crippen LogP contribution < -0.4 is 9.47 Å². The van der Waals surface area contributed by atoms with Crippen molar-refractivity contribution in [3.05, 3.63) is 199 Å². The molecule has 0 aliphatic heterocycles. The van der Waals surface area contributed by atoms with Crippen molar-refractivity contribution in [3.63, 3.8) is 0 Å². The van der Waals surface area contributed by atoms with Crippen LogP contribution >= 0.6 is 0 Å². The normalized spacial score (nSPS) is 11.8. The molecule has 10 nitrogen and oxygen atoms in total. The number of para-hydroxylation sites is 6. The number of benzene rings is 9. The molecule has 0 fully saturated rings. The van der Waals surface area contributed by atoms with Crippen molar-refractivity contribution in [3.8, 4) is 40.3 Å². The van der Waals surface area contributed by atoms with Gasteiger partial charge in [0, 0.05) is 57.3 Å². The van der Waals surface area contributed by atoms with Gasteiger partial charge in [-0.2, -0.15) is 5.26 Å². The van der Waals surface area contributed by atoms with Crippen molar-refractivity contribution >= 4 is 92.9 Å². The lowest BCUT2D eigenvalue weighted by molar-refractivity contribution is 0.146. The summed E-state index contributed by atoms with van der Waals surface area (Å²) in [5, 5.41) is 20.4. The topological polar surface area (TPSA) is 84.8 Å². The third-order valence-corrected chi connectivity index (χ3v) is 14.0. The van der Waals surface area contributed by atoms with Crippen LogP contribution in [0.15, 0.2) is 182 Å². The molecule has 13 aromatic rings. The van der Waals surface area contributed by atoms with Crippen molar-refractivity contribution in [1.82, 2.24) is 18.3 Å². The standard InChI is InChI=1S/C62H44N6O4/c1-64-58-59(65-56-30-28-39(71-34-32-69-2)36-47(56)48-37-40(29-31-57(48)65)72-35-33-70-3)49(38-63)60(66-50-22-10-4-16-41(50)42-17-5-11-23-51(42)66)62(68-54-26-14-8-20-45(54)46-21-9-15-27-55(46)68)61(58)67-52-24-12-6-18-43(52)44-19-7-13-25-53(44)67/h4-31,36-37H,32-35H2,2-3H3. The highest BCUT2D eigenvalue weighted by Gasteiger charge is 2.34. The van der Waals surface area contributed by atoms with Crippen LogP contribution in [-0.2, 0) is 9.47 Å². The maximum atomic E-state index is 12.4. The minimum atomic E-state index is 0.305. The zero-order valence-electron chi connectivity index (χ0n) is 39.5. The smallest absolute Gasteiger partial charge is 0.237 e. The lowest BCUT2D eigenvalue weighted by Crippen LogP contribution is -2.14. The van der Waals surface area contributed by atoms with E-state index in [0.717, 1.165) is 87.2 Å². The van der Waals surface area contributed by atoms with Crippen molar-refractivity contribution in [2.75, 3.05) is 40.6 Å². The first-order valence-corrected chi connectivity index (χ1v) is 23.9. The van der Waals surface area contributed by atoms with Crippen LogP contribution in [0.4, 0.5) is 5.69 Å². The Kier molecular flexibility index (Phi) is 10.3. The zero-order chi connectivity index (χ0) is 48.5. The molecule has 13 rings (SSSR count). The molecular formula is C62H44N6O4. The molecular weight excluding hydrogens is 893 g/mol. The summed E-state index contributed by atoms with van der Waals surface area (Å²) in [6.45, 7) is 11.2. The van der Waals surface area contributed by atoms with Crippen LogP contribution in [0.2, 0.25) is 0 Å². The number of rotatable bonds is 12. The predicted octanol–water partition coefficient (Wildman–Crippen LogP) is 14.5. The fraction of sp³-hybridized carbons (Fsp3) is 0.0968. The number of fused-ring (bicyclic) bond motifs is 12. The van der Waals surface area contributed by atoms with E-state index in [1.807, 2.05) is 36.4 Å². The maximum absolute atomic E-state index is 12.4. The number of ether oxygens (including phenoxy) is 4. The highest BCUT2D eigenvalue weighted by atomic mass is 16.5. The van der Waals surface area contributed by atoms with Crippen LogP contribution in [-0.4, -0.2) is 58.9 Å². The van der Waals surface area contributed by atoms with Gasteiger partial charge in [0.1, 0.15) is 30.8 Å². The second kappa shape index (κ2) is 17.3. The Labute approximate surface area is 413 Å². The summed E-state index contributed by atoms with van der Waals surface area (Å²) >= 11 is 0. The van der Waals surface area contributed by atoms with Gasteiger partial charge in [-0.1, -0.05) is 109 Å². The summed E-state index contributed by atoms with van der Waals surface area (Å²) in [4.78, 5) is 4.69. The fourth-order valence-electron chi connectivity index (χ4n) is 11.1. The van der Waals surface area contributed by atoms with Crippen LogP contribution in [0.25, 0.3) is 115 Å². The number of hydrogen-bond donors (Lipinski definition) is 0. The molecule has 10 heteroatoms.